The second kappa shape index (κ2) is 6.95. The van der Waals surface area contributed by atoms with E-state index in [1.165, 1.54) is 6.42 Å². The van der Waals surface area contributed by atoms with Crippen LogP contribution in [-0.2, 0) is 6.54 Å². The van der Waals surface area contributed by atoms with E-state index in [9.17, 15) is 0 Å². The Bertz CT molecular complexity index is 470. The van der Waals surface area contributed by atoms with Gasteiger partial charge in [-0.3, -0.25) is 0 Å². The molecular formula is C15H19BrN2O. The summed E-state index contributed by atoms with van der Waals surface area (Å²) in [6.07, 6.45) is 6.44. The molecule has 102 valence electrons. The molecule has 1 aliphatic heterocycles. The summed E-state index contributed by atoms with van der Waals surface area (Å²) in [5, 5.41) is 3.58. The van der Waals surface area contributed by atoms with Crippen LogP contribution in [0.15, 0.2) is 22.7 Å². The smallest absolute Gasteiger partial charge is 0.148 e. The third-order valence-electron chi connectivity index (χ3n) is 3.31. The van der Waals surface area contributed by atoms with Gasteiger partial charge in [-0.15, -0.1) is 6.42 Å². The van der Waals surface area contributed by atoms with Crippen LogP contribution >= 0.6 is 15.9 Å². The molecule has 1 N–H and O–H groups in total. The van der Waals surface area contributed by atoms with E-state index in [1.807, 2.05) is 12.1 Å². The first-order valence-electron chi connectivity index (χ1n) is 6.45. The molecule has 2 rings (SSSR count). The molecule has 1 aromatic rings. The van der Waals surface area contributed by atoms with Crippen molar-refractivity contribution in [2.24, 2.45) is 0 Å². The van der Waals surface area contributed by atoms with Gasteiger partial charge in [0.05, 0.1) is 0 Å². The Hall–Kier alpha value is -1.02. The molecule has 0 radical (unpaired) electrons. The number of terminal acetylenes is 1. The Labute approximate surface area is 123 Å². The number of nitrogens with zero attached hydrogens (tertiary/aromatic N) is 1. The number of halogens is 1. The Balaban J connectivity index is 1.97. The average Bonchev–Trinajstić information content (AvgIpc) is 2.81. The van der Waals surface area contributed by atoms with E-state index in [4.69, 9.17) is 11.2 Å². The average molecular weight is 323 g/mol. The minimum atomic E-state index is 0.306. The summed E-state index contributed by atoms with van der Waals surface area (Å²) < 4.78 is 6.63. The minimum Gasteiger partial charge on any atom is -0.481 e. The highest BCUT2D eigenvalue weighted by atomic mass is 79.9. The van der Waals surface area contributed by atoms with Gasteiger partial charge in [0.25, 0.3) is 0 Å². The van der Waals surface area contributed by atoms with Gasteiger partial charge in [-0.1, -0.05) is 21.9 Å². The van der Waals surface area contributed by atoms with Crippen LogP contribution in [0, 0.1) is 12.3 Å². The van der Waals surface area contributed by atoms with Crippen molar-refractivity contribution in [2.45, 2.75) is 19.0 Å². The summed E-state index contributed by atoms with van der Waals surface area (Å²) in [7, 11) is 2.16. The minimum absolute atomic E-state index is 0.306. The second-order valence-electron chi connectivity index (χ2n) is 4.87. The fourth-order valence-corrected chi connectivity index (χ4v) is 2.71. The van der Waals surface area contributed by atoms with Crippen molar-refractivity contribution >= 4 is 15.9 Å². The van der Waals surface area contributed by atoms with Crippen molar-refractivity contribution in [2.75, 3.05) is 26.7 Å². The molecule has 3 nitrogen and oxygen atoms in total. The predicted molar refractivity (Wildman–Crippen MR) is 81.2 cm³/mol. The highest BCUT2D eigenvalue weighted by Crippen LogP contribution is 2.23. The summed E-state index contributed by atoms with van der Waals surface area (Å²) in [5.74, 6) is 3.36. The van der Waals surface area contributed by atoms with E-state index in [-0.39, 0.29) is 0 Å². The number of likely N-dealkylation sites (N-methyl/N-ethyl adjacent to an activating group) is 1. The molecule has 4 heteroatoms. The molecule has 1 aliphatic rings. The number of likely N-dealkylation sites (tertiary alicyclic amines) is 1. The molecule has 0 aliphatic carbocycles. The molecule has 0 saturated carbocycles. The summed E-state index contributed by atoms with van der Waals surface area (Å²) >= 11 is 3.50. The maximum atomic E-state index is 5.57. The molecule has 1 atom stereocenters. The molecule has 0 bridgehead atoms. The summed E-state index contributed by atoms with van der Waals surface area (Å²) in [6.45, 7) is 3.38. The van der Waals surface area contributed by atoms with Gasteiger partial charge < -0.3 is 15.0 Å². The Morgan fingerprint density at radius 1 is 1.58 bits per heavy atom. The van der Waals surface area contributed by atoms with Crippen LogP contribution in [0.4, 0.5) is 0 Å². The normalized spacial score (nSPS) is 19.3. The standard InChI is InChI=1S/C15H19BrN2O/c1-3-8-19-15-5-4-13(16)9-12(15)10-17-14-6-7-18(2)11-14/h1,4-5,9,14,17H,6-8,10-11H2,2H3. The van der Waals surface area contributed by atoms with Gasteiger partial charge in [-0.25, -0.2) is 0 Å². The molecule has 0 aromatic heterocycles. The lowest BCUT2D eigenvalue weighted by atomic mass is 10.1. The lowest BCUT2D eigenvalue weighted by Crippen LogP contribution is -2.31. The van der Waals surface area contributed by atoms with Crippen molar-refractivity contribution in [3.05, 3.63) is 28.2 Å². The fraction of sp³-hybridized carbons (Fsp3) is 0.467. The second-order valence-corrected chi connectivity index (χ2v) is 5.79. The van der Waals surface area contributed by atoms with Gasteiger partial charge in [-0.05, 0) is 38.2 Å². The molecule has 0 amide bonds. The van der Waals surface area contributed by atoms with Gasteiger partial charge in [0.15, 0.2) is 0 Å². The number of hydrogen-bond donors (Lipinski definition) is 1. The third-order valence-corrected chi connectivity index (χ3v) is 3.80. The van der Waals surface area contributed by atoms with Crippen LogP contribution in [-0.4, -0.2) is 37.7 Å². The zero-order valence-corrected chi connectivity index (χ0v) is 12.7. The van der Waals surface area contributed by atoms with Crippen LogP contribution < -0.4 is 10.1 Å². The number of hydrogen-bond acceptors (Lipinski definition) is 3. The number of benzene rings is 1. The van der Waals surface area contributed by atoms with E-state index >= 15 is 0 Å². The molecule has 0 spiro atoms. The van der Waals surface area contributed by atoms with Crippen LogP contribution in [0.1, 0.15) is 12.0 Å². The molecule has 1 aromatic carbocycles. The summed E-state index contributed by atoms with van der Waals surface area (Å²) in [5.41, 5.74) is 1.14. The first-order chi connectivity index (χ1) is 9.19. The van der Waals surface area contributed by atoms with Crippen LogP contribution in [0.2, 0.25) is 0 Å². The van der Waals surface area contributed by atoms with Crippen molar-refractivity contribution < 1.29 is 4.74 Å². The molecule has 1 heterocycles. The molecule has 1 saturated heterocycles. The predicted octanol–water partition coefficient (Wildman–Crippen LogP) is 2.25. The number of nitrogens with one attached hydrogen (secondary N) is 1. The largest absolute Gasteiger partial charge is 0.481 e. The Morgan fingerprint density at radius 2 is 2.42 bits per heavy atom. The third kappa shape index (κ3) is 4.24. The quantitative estimate of drug-likeness (QED) is 0.841. The molecule has 19 heavy (non-hydrogen) atoms. The maximum Gasteiger partial charge on any atom is 0.148 e. The fourth-order valence-electron chi connectivity index (χ4n) is 2.30. The SMILES string of the molecule is C#CCOc1ccc(Br)cc1CNC1CCN(C)C1. The monoisotopic (exact) mass is 322 g/mol. The lowest BCUT2D eigenvalue weighted by Gasteiger charge is -2.15. The van der Waals surface area contributed by atoms with E-state index < -0.39 is 0 Å². The highest BCUT2D eigenvalue weighted by molar-refractivity contribution is 9.10. The number of ether oxygens (including phenoxy) is 1. The van der Waals surface area contributed by atoms with Gasteiger partial charge in [-0.2, -0.15) is 0 Å². The van der Waals surface area contributed by atoms with Crippen molar-refractivity contribution in [3.8, 4) is 18.1 Å². The zero-order valence-electron chi connectivity index (χ0n) is 11.2. The maximum absolute atomic E-state index is 5.57. The Morgan fingerprint density at radius 3 is 3.11 bits per heavy atom. The highest BCUT2D eigenvalue weighted by Gasteiger charge is 2.19. The van der Waals surface area contributed by atoms with Crippen molar-refractivity contribution in [1.29, 1.82) is 0 Å². The van der Waals surface area contributed by atoms with Crippen LogP contribution in [0.3, 0.4) is 0 Å². The zero-order chi connectivity index (χ0) is 13.7. The first kappa shape index (κ1) is 14.4. The van der Waals surface area contributed by atoms with Crippen molar-refractivity contribution in [1.82, 2.24) is 10.2 Å². The van der Waals surface area contributed by atoms with Crippen LogP contribution in [0.25, 0.3) is 0 Å². The van der Waals surface area contributed by atoms with Gasteiger partial charge in [0.2, 0.25) is 0 Å². The van der Waals surface area contributed by atoms with E-state index in [2.05, 4.69) is 45.2 Å². The van der Waals surface area contributed by atoms with E-state index in [1.54, 1.807) is 0 Å². The van der Waals surface area contributed by atoms with E-state index in [0.29, 0.717) is 12.6 Å². The molecular weight excluding hydrogens is 304 g/mol. The summed E-state index contributed by atoms with van der Waals surface area (Å²) in [6, 6.07) is 6.57. The van der Waals surface area contributed by atoms with Gasteiger partial charge >= 0.3 is 0 Å². The molecule has 1 fully saturated rings. The number of rotatable bonds is 5. The Kier molecular flexibility index (Phi) is 5.26. The van der Waals surface area contributed by atoms with E-state index in [0.717, 1.165) is 35.4 Å². The lowest BCUT2D eigenvalue weighted by molar-refractivity contribution is 0.362. The van der Waals surface area contributed by atoms with Gasteiger partial charge in [0.1, 0.15) is 12.4 Å². The topological polar surface area (TPSA) is 24.5 Å². The molecule has 1 unspecified atom stereocenters. The first-order valence-corrected chi connectivity index (χ1v) is 7.25. The summed E-state index contributed by atoms with van der Waals surface area (Å²) in [4.78, 5) is 2.34. The van der Waals surface area contributed by atoms with Crippen LogP contribution in [0.5, 0.6) is 5.75 Å². The van der Waals surface area contributed by atoms with Crippen molar-refractivity contribution in [3.63, 3.8) is 0 Å². The van der Waals surface area contributed by atoms with Gasteiger partial charge in [0, 0.05) is 29.2 Å².